The molecule has 0 unspecified atom stereocenters. The number of nitrogen functional groups attached to an aromatic ring is 2. The van der Waals surface area contributed by atoms with Gasteiger partial charge in [0.2, 0.25) is 0 Å². The lowest BCUT2D eigenvalue weighted by Crippen LogP contribution is -2.35. The van der Waals surface area contributed by atoms with Gasteiger partial charge in [-0.05, 0) is 12.1 Å². The molecule has 0 spiro atoms. The number of aromatic nitrogens is 3. The van der Waals surface area contributed by atoms with Gasteiger partial charge in [-0.3, -0.25) is 4.98 Å². The minimum Gasteiger partial charge on any atom is -0.754 e. The van der Waals surface area contributed by atoms with Gasteiger partial charge in [0.15, 0.2) is 11.5 Å². The van der Waals surface area contributed by atoms with Crippen LogP contribution in [0.5, 0.6) is 0 Å². The van der Waals surface area contributed by atoms with Gasteiger partial charge in [-0.2, -0.15) is 0 Å². The average molecular weight is 203 g/mol. The molecule has 6 heteroatoms. The van der Waals surface area contributed by atoms with Crippen LogP contribution in [0.3, 0.4) is 0 Å². The van der Waals surface area contributed by atoms with Gasteiger partial charge in [0, 0.05) is 12.3 Å². The van der Waals surface area contributed by atoms with Crippen LogP contribution < -0.4 is 16.2 Å². The van der Waals surface area contributed by atoms with Crippen LogP contribution in [0.4, 0.5) is 11.8 Å². The van der Waals surface area contributed by atoms with Crippen molar-refractivity contribution in [3.05, 3.63) is 35.7 Å². The molecule has 2 aromatic heterocycles. The summed E-state index contributed by atoms with van der Waals surface area (Å²) in [6, 6.07) is 6.80. The predicted octanol–water partition coefficient (Wildman–Crippen LogP) is -0.0586. The van der Waals surface area contributed by atoms with Crippen molar-refractivity contribution in [2.75, 3.05) is 11.5 Å². The van der Waals surface area contributed by atoms with Crippen LogP contribution in [-0.2, 0) is 0 Å². The first-order valence-electron chi connectivity index (χ1n) is 4.25. The van der Waals surface area contributed by atoms with E-state index in [1.54, 1.807) is 18.3 Å². The zero-order chi connectivity index (χ0) is 10.8. The van der Waals surface area contributed by atoms with Crippen LogP contribution in [0.25, 0.3) is 11.4 Å². The number of pyridine rings is 1. The fourth-order valence-corrected chi connectivity index (χ4v) is 1.18. The first-order chi connectivity index (χ1) is 7.18. The third kappa shape index (κ3) is 1.64. The van der Waals surface area contributed by atoms with E-state index in [1.165, 1.54) is 6.07 Å². The van der Waals surface area contributed by atoms with E-state index in [2.05, 4.69) is 9.97 Å². The Labute approximate surface area is 85.8 Å². The summed E-state index contributed by atoms with van der Waals surface area (Å²) in [5.41, 5.74) is 12.0. The van der Waals surface area contributed by atoms with Crippen molar-refractivity contribution >= 4 is 11.8 Å². The number of hydrogen-bond donors (Lipinski definition) is 2. The van der Waals surface area contributed by atoms with E-state index in [0.717, 1.165) is 0 Å². The maximum absolute atomic E-state index is 11.1. The molecular weight excluding hydrogens is 194 g/mol. The lowest BCUT2D eigenvalue weighted by Gasteiger charge is -2.09. The highest BCUT2D eigenvalue weighted by Gasteiger charge is 2.09. The lowest BCUT2D eigenvalue weighted by atomic mass is 10.2. The summed E-state index contributed by atoms with van der Waals surface area (Å²) in [5.74, 6) is -0.182. The molecule has 2 heterocycles. The first kappa shape index (κ1) is 9.20. The van der Waals surface area contributed by atoms with E-state index in [-0.39, 0.29) is 11.8 Å². The number of rotatable bonds is 1. The van der Waals surface area contributed by atoms with E-state index in [0.29, 0.717) is 16.1 Å². The average Bonchev–Trinajstić information content (AvgIpc) is 2.26. The Kier molecular flexibility index (Phi) is 2.09. The lowest BCUT2D eigenvalue weighted by molar-refractivity contribution is -0.576. The van der Waals surface area contributed by atoms with Crippen molar-refractivity contribution < 1.29 is 4.73 Å². The highest BCUT2D eigenvalue weighted by molar-refractivity contribution is 5.57. The minimum atomic E-state index is -0.185. The molecule has 0 atom stereocenters. The van der Waals surface area contributed by atoms with Gasteiger partial charge >= 0.3 is 5.95 Å². The van der Waals surface area contributed by atoms with Crippen LogP contribution >= 0.6 is 0 Å². The molecule has 0 aliphatic carbocycles. The summed E-state index contributed by atoms with van der Waals surface area (Å²) < 4.78 is 0.367. The van der Waals surface area contributed by atoms with Gasteiger partial charge in [-0.25, -0.2) is 4.73 Å². The van der Waals surface area contributed by atoms with Gasteiger partial charge in [0.1, 0.15) is 5.69 Å². The molecule has 2 aromatic rings. The van der Waals surface area contributed by atoms with Crippen LogP contribution in [0, 0.1) is 5.21 Å². The number of hydrogen-bond acceptors (Lipinski definition) is 5. The topological polar surface area (TPSA) is 105 Å². The molecule has 0 fully saturated rings. The molecule has 0 saturated carbocycles. The molecule has 0 amide bonds. The molecule has 0 saturated heterocycles. The molecule has 15 heavy (non-hydrogen) atoms. The fourth-order valence-electron chi connectivity index (χ4n) is 1.18. The highest BCUT2D eigenvalue weighted by Crippen LogP contribution is 2.15. The molecule has 0 aliphatic rings. The third-order valence-electron chi connectivity index (χ3n) is 1.89. The monoisotopic (exact) mass is 203 g/mol. The molecule has 4 N–H and O–H groups in total. The fraction of sp³-hybridized carbons (Fsp3) is 0. The Morgan fingerprint density at radius 3 is 2.60 bits per heavy atom. The Bertz CT molecular complexity index is 462. The second-order valence-corrected chi connectivity index (χ2v) is 2.93. The van der Waals surface area contributed by atoms with E-state index in [4.69, 9.17) is 11.5 Å². The molecule has 76 valence electrons. The number of nitrogens with zero attached hydrogens (tertiary/aromatic N) is 3. The smallest absolute Gasteiger partial charge is 0.344 e. The van der Waals surface area contributed by atoms with Crippen LogP contribution in [0.15, 0.2) is 30.5 Å². The third-order valence-corrected chi connectivity index (χ3v) is 1.89. The summed E-state index contributed by atoms with van der Waals surface area (Å²) in [5, 5.41) is 11.1. The summed E-state index contributed by atoms with van der Waals surface area (Å²) in [6.07, 6.45) is 1.63. The maximum atomic E-state index is 11.1. The van der Waals surface area contributed by atoms with E-state index < -0.39 is 0 Å². The van der Waals surface area contributed by atoms with Gasteiger partial charge in [0.05, 0.1) is 0 Å². The zero-order valence-corrected chi connectivity index (χ0v) is 7.79. The maximum Gasteiger partial charge on any atom is 0.344 e. The summed E-state index contributed by atoms with van der Waals surface area (Å²) >= 11 is 0. The minimum absolute atomic E-state index is 0.00292. The van der Waals surface area contributed by atoms with Gasteiger partial charge in [0.25, 0.3) is 0 Å². The van der Waals surface area contributed by atoms with E-state index >= 15 is 0 Å². The van der Waals surface area contributed by atoms with E-state index in [9.17, 15) is 5.21 Å². The molecule has 0 radical (unpaired) electrons. The predicted molar refractivity (Wildman–Crippen MR) is 55.3 cm³/mol. The van der Waals surface area contributed by atoms with Crippen molar-refractivity contribution in [3.63, 3.8) is 0 Å². The Hall–Kier alpha value is -2.37. The quantitative estimate of drug-likeness (QED) is 0.499. The summed E-state index contributed by atoms with van der Waals surface area (Å²) in [6.45, 7) is 0. The van der Waals surface area contributed by atoms with Crippen molar-refractivity contribution in [1.29, 1.82) is 0 Å². The summed E-state index contributed by atoms with van der Waals surface area (Å²) in [4.78, 5) is 7.97. The SMILES string of the molecule is Nc1cc(-c2ccccn2)nc(N)[n+]1[O-]. The van der Waals surface area contributed by atoms with Crippen molar-refractivity contribution in [2.24, 2.45) is 0 Å². The van der Waals surface area contributed by atoms with Crippen LogP contribution in [0.2, 0.25) is 0 Å². The van der Waals surface area contributed by atoms with Gasteiger partial charge < -0.3 is 16.7 Å². The Morgan fingerprint density at radius 1 is 1.20 bits per heavy atom. The first-order valence-corrected chi connectivity index (χ1v) is 4.25. The van der Waals surface area contributed by atoms with Crippen molar-refractivity contribution in [3.8, 4) is 11.4 Å². The van der Waals surface area contributed by atoms with Crippen molar-refractivity contribution in [2.45, 2.75) is 0 Å². The molecule has 0 bridgehead atoms. The Balaban J connectivity index is 2.56. The van der Waals surface area contributed by atoms with Gasteiger partial charge in [-0.15, -0.1) is 4.98 Å². The van der Waals surface area contributed by atoms with Crippen LogP contribution in [-0.4, -0.2) is 9.97 Å². The number of nitrogens with two attached hydrogens (primary N) is 2. The second kappa shape index (κ2) is 3.41. The summed E-state index contributed by atoms with van der Waals surface area (Å²) in [7, 11) is 0. The van der Waals surface area contributed by atoms with E-state index in [1.807, 2.05) is 6.07 Å². The Morgan fingerprint density at radius 2 is 2.00 bits per heavy atom. The molecule has 2 rings (SSSR count). The number of anilines is 2. The van der Waals surface area contributed by atoms with Gasteiger partial charge in [-0.1, -0.05) is 6.07 Å². The molecule has 0 aromatic carbocycles. The normalized spacial score (nSPS) is 10.1. The highest BCUT2D eigenvalue weighted by atomic mass is 16.5. The molecule has 6 nitrogen and oxygen atoms in total. The standard InChI is InChI=1S/C9H9N5O/c10-8-5-7(13-9(11)14(8)15)6-3-1-2-4-12-6/h1-5H,10H2,(H2,11,13). The molecular formula is C9H9N5O. The van der Waals surface area contributed by atoms with Crippen LogP contribution in [0.1, 0.15) is 0 Å². The second-order valence-electron chi connectivity index (χ2n) is 2.93. The zero-order valence-electron chi connectivity index (χ0n) is 7.79. The molecule has 0 aliphatic heterocycles. The van der Waals surface area contributed by atoms with Crippen molar-refractivity contribution in [1.82, 2.24) is 9.97 Å². The largest absolute Gasteiger partial charge is 0.754 e.